The number of allylic oxidation sites excluding steroid dienone is 1. The Morgan fingerprint density at radius 2 is 2.07 bits per heavy atom. The maximum absolute atomic E-state index is 13.4. The van der Waals surface area contributed by atoms with Crippen molar-refractivity contribution in [2.24, 2.45) is 0 Å². The Bertz CT molecular complexity index is 1060. The quantitative estimate of drug-likeness (QED) is 0.555. The lowest BCUT2D eigenvalue weighted by molar-refractivity contribution is 0.0706. The molecule has 0 N–H and O–H groups in total. The third-order valence-corrected chi connectivity index (χ3v) is 6.67. The van der Waals surface area contributed by atoms with E-state index in [4.69, 9.17) is 14.5 Å². The molecule has 1 fully saturated rings. The normalized spacial score (nSPS) is 16.9. The molecule has 1 unspecified atom stereocenters. The van der Waals surface area contributed by atoms with Crippen molar-refractivity contribution in [3.8, 4) is 11.5 Å². The Hall–Kier alpha value is -2.86. The topological polar surface area (TPSA) is 51.7 Å². The fourth-order valence-corrected chi connectivity index (χ4v) is 5.12. The largest absolute Gasteiger partial charge is 0.493 e. The molecule has 2 heterocycles. The lowest BCUT2D eigenvalue weighted by Crippen LogP contribution is -2.39. The van der Waals surface area contributed by atoms with E-state index in [2.05, 4.69) is 6.07 Å². The van der Waals surface area contributed by atoms with Crippen LogP contribution in [0.3, 0.4) is 0 Å². The van der Waals surface area contributed by atoms with E-state index < -0.39 is 0 Å². The minimum atomic E-state index is 0.0208. The molecule has 0 radical (unpaired) electrons. The number of carbonyl (C=O) groups is 1. The summed E-state index contributed by atoms with van der Waals surface area (Å²) >= 11 is 1.74. The highest BCUT2D eigenvalue weighted by atomic mass is 32.1. The molecule has 5 nitrogen and oxygen atoms in total. The van der Waals surface area contributed by atoms with Gasteiger partial charge in [0.1, 0.15) is 0 Å². The molecule has 1 aliphatic rings. The van der Waals surface area contributed by atoms with E-state index in [9.17, 15) is 4.79 Å². The molecule has 1 atom stereocenters. The minimum absolute atomic E-state index is 0.0208. The van der Waals surface area contributed by atoms with Crippen LogP contribution in [0.25, 0.3) is 16.3 Å². The van der Waals surface area contributed by atoms with E-state index >= 15 is 0 Å². The number of piperidine rings is 1. The van der Waals surface area contributed by atoms with Gasteiger partial charge in [0.25, 0.3) is 5.91 Å². The number of amides is 1. The van der Waals surface area contributed by atoms with Crippen LogP contribution in [0.2, 0.25) is 0 Å². The van der Waals surface area contributed by atoms with Gasteiger partial charge in [-0.3, -0.25) is 4.79 Å². The van der Waals surface area contributed by atoms with Crippen LogP contribution in [0.4, 0.5) is 0 Å². The summed E-state index contributed by atoms with van der Waals surface area (Å²) in [6.45, 7) is 3.38. The molecule has 4 rings (SSSR count). The average molecular weight is 423 g/mol. The maximum atomic E-state index is 13.4. The number of likely N-dealkylation sites (tertiary alicyclic amines) is 1. The van der Waals surface area contributed by atoms with Crippen LogP contribution in [-0.2, 0) is 0 Å². The number of thiazole rings is 1. The van der Waals surface area contributed by atoms with Gasteiger partial charge in [0.15, 0.2) is 11.5 Å². The lowest BCUT2D eigenvalue weighted by Gasteiger charge is -2.32. The highest BCUT2D eigenvalue weighted by Crippen LogP contribution is 2.36. The Balaban J connectivity index is 1.60. The van der Waals surface area contributed by atoms with E-state index in [-0.39, 0.29) is 11.8 Å². The predicted octanol–water partition coefficient (Wildman–Crippen LogP) is 5.37. The zero-order chi connectivity index (χ0) is 21.1. The maximum Gasteiger partial charge on any atom is 0.254 e. The van der Waals surface area contributed by atoms with Gasteiger partial charge in [0, 0.05) is 30.1 Å². The monoisotopic (exact) mass is 422 g/mol. The average Bonchev–Trinajstić information content (AvgIpc) is 3.22. The van der Waals surface area contributed by atoms with Crippen molar-refractivity contribution in [2.75, 3.05) is 27.3 Å². The zero-order valence-electron chi connectivity index (χ0n) is 17.6. The van der Waals surface area contributed by atoms with Crippen molar-refractivity contribution in [2.45, 2.75) is 25.7 Å². The second-order valence-corrected chi connectivity index (χ2v) is 8.47. The number of benzene rings is 2. The Labute approximate surface area is 180 Å². The Morgan fingerprint density at radius 3 is 2.80 bits per heavy atom. The standard InChI is InChI=1S/C24H26N2O3S/c1-4-8-16-13-18(14-20(28-2)22(16)29-3)24(27)26-12-7-9-17(15-26)23-25-19-10-5-6-11-21(19)30-23/h4-6,8,10-11,13-14,17H,7,9,12,15H2,1-3H3/b8-4+. The molecule has 156 valence electrons. The molecule has 0 bridgehead atoms. The zero-order valence-corrected chi connectivity index (χ0v) is 18.4. The van der Waals surface area contributed by atoms with Gasteiger partial charge in [-0.15, -0.1) is 11.3 Å². The van der Waals surface area contributed by atoms with Crippen LogP contribution >= 0.6 is 11.3 Å². The third-order valence-electron chi connectivity index (χ3n) is 5.47. The molecule has 1 amide bonds. The summed E-state index contributed by atoms with van der Waals surface area (Å²) in [4.78, 5) is 20.1. The summed E-state index contributed by atoms with van der Waals surface area (Å²) in [7, 11) is 3.20. The molecule has 0 aliphatic carbocycles. The van der Waals surface area contributed by atoms with Crippen molar-refractivity contribution in [3.05, 3.63) is 58.6 Å². The first kappa shape index (κ1) is 20.4. The number of aromatic nitrogens is 1. The number of hydrogen-bond acceptors (Lipinski definition) is 5. The Kier molecular flexibility index (Phi) is 6.04. The van der Waals surface area contributed by atoms with E-state index in [0.29, 0.717) is 23.6 Å². The summed E-state index contributed by atoms with van der Waals surface area (Å²) in [5.41, 5.74) is 2.49. The van der Waals surface area contributed by atoms with Gasteiger partial charge in [0.05, 0.1) is 29.4 Å². The van der Waals surface area contributed by atoms with Gasteiger partial charge in [-0.1, -0.05) is 24.3 Å². The summed E-state index contributed by atoms with van der Waals surface area (Å²) in [5.74, 6) is 1.50. The van der Waals surface area contributed by atoms with Crippen molar-refractivity contribution >= 4 is 33.5 Å². The summed E-state index contributed by atoms with van der Waals surface area (Å²) in [5, 5.41) is 1.12. The molecule has 1 saturated heterocycles. The van der Waals surface area contributed by atoms with Gasteiger partial charge in [0.2, 0.25) is 0 Å². The van der Waals surface area contributed by atoms with E-state index in [1.807, 2.05) is 48.2 Å². The number of para-hydroxylation sites is 1. The first-order valence-corrected chi connectivity index (χ1v) is 11.0. The minimum Gasteiger partial charge on any atom is -0.493 e. The first-order chi connectivity index (χ1) is 14.6. The number of rotatable bonds is 5. The molecule has 2 aromatic carbocycles. The number of nitrogens with zero attached hydrogens (tertiary/aromatic N) is 2. The first-order valence-electron chi connectivity index (χ1n) is 10.2. The smallest absolute Gasteiger partial charge is 0.254 e. The van der Waals surface area contributed by atoms with Gasteiger partial charge in [-0.2, -0.15) is 0 Å². The molecule has 0 spiro atoms. The highest BCUT2D eigenvalue weighted by molar-refractivity contribution is 7.18. The Morgan fingerprint density at radius 1 is 1.23 bits per heavy atom. The molecule has 30 heavy (non-hydrogen) atoms. The van der Waals surface area contributed by atoms with Crippen molar-refractivity contribution < 1.29 is 14.3 Å². The van der Waals surface area contributed by atoms with Gasteiger partial charge >= 0.3 is 0 Å². The molecule has 1 aromatic heterocycles. The van der Waals surface area contributed by atoms with Gasteiger partial charge < -0.3 is 14.4 Å². The fraction of sp³-hybridized carbons (Fsp3) is 0.333. The van der Waals surface area contributed by atoms with Crippen LogP contribution in [0.5, 0.6) is 11.5 Å². The van der Waals surface area contributed by atoms with Gasteiger partial charge in [-0.05, 0) is 44.0 Å². The van der Waals surface area contributed by atoms with Crippen LogP contribution in [-0.4, -0.2) is 43.1 Å². The summed E-state index contributed by atoms with van der Waals surface area (Å²) in [6, 6.07) is 11.9. The SMILES string of the molecule is C/C=C/c1cc(C(=O)N2CCCC(c3nc4ccccc4s3)C2)cc(OC)c1OC. The predicted molar refractivity (Wildman–Crippen MR) is 122 cm³/mol. The molecular formula is C24H26N2O3S. The molecule has 6 heteroatoms. The lowest BCUT2D eigenvalue weighted by atomic mass is 9.97. The van der Waals surface area contributed by atoms with Crippen molar-refractivity contribution in [1.82, 2.24) is 9.88 Å². The van der Waals surface area contributed by atoms with Crippen LogP contribution in [0.1, 0.15) is 46.6 Å². The van der Waals surface area contributed by atoms with E-state index in [1.54, 1.807) is 31.6 Å². The van der Waals surface area contributed by atoms with Crippen LogP contribution in [0.15, 0.2) is 42.5 Å². The summed E-state index contributed by atoms with van der Waals surface area (Å²) < 4.78 is 12.2. The number of fused-ring (bicyclic) bond motifs is 1. The number of ether oxygens (including phenoxy) is 2. The van der Waals surface area contributed by atoms with Crippen LogP contribution < -0.4 is 9.47 Å². The second-order valence-electron chi connectivity index (χ2n) is 7.41. The van der Waals surface area contributed by atoms with E-state index in [1.165, 1.54) is 4.70 Å². The number of carbonyl (C=O) groups excluding carboxylic acids is 1. The van der Waals surface area contributed by atoms with Crippen LogP contribution in [0, 0.1) is 0 Å². The second kappa shape index (κ2) is 8.88. The van der Waals surface area contributed by atoms with Crippen molar-refractivity contribution in [3.63, 3.8) is 0 Å². The van der Waals surface area contributed by atoms with Crippen molar-refractivity contribution in [1.29, 1.82) is 0 Å². The summed E-state index contributed by atoms with van der Waals surface area (Å²) in [6.07, 6.45) is 5.88. The fourth-order valence-electron chi connectivity index (χ4n) is 4.03. The number of hydrogen-bond donors (Lipinski definition) is 0. The number of methoxy groups -OCH3 is 2. The van der Waals surface area contributed by atoms with E-state index in [0.717, 1.165) is 35.5 Å². The molecule has 3 aromatic rings. The highest BCUT2D eigenvalue weighted by Gasteiger charge is 2.28. The third kappa shape index (κ3) is 3.92. The molecule has 0 saturated carbocycles. The molecular weight excluding hydrogens is 396 g/mol. The molecule has 1 aliphatic heterocycles. The van der Waals surface area contributed by atoms with Gasteiger partial charge in [-0.25, -0.2) is 4.98 Å².